The first-order chi connectivity index (χ1) is 10.3. The minimum absolute atomic E-state index is 0.517. The van der Waals surface area contributed by atoms with Gasteiger partial charge in [-0.3, -0.25) is 9.88 Å². The summed E-state index contributed by atoms with van der Waals surface area (Å²) in [5.74, 6) is 6.53. The van der Waals surface area contributed by atoms with Gasteiger partial charge in [0.15, 0.2) is 0 Å². The van der Waals surface area contributed by atoms with E-state index in [1.807, 2.05) is 42.7 Å². The Morgan fingerprint density at radius 2 is 1.81 bits per heavy atom. The fourth-order valence-electron chi connectivity index (χ4n) is 2.11. The van der Waals surface area contributed by atoms with E-state index in [4.69, 9.17) is 0 Å². The molecule has 0 aliphatic carbocycles. The Labute approximate surface area is 127 Å². The number of hydrogen-bond donors (Lipinski definition) is 0. The highest BCUT2D eigenvalue weighted by Crippen LogP contribution is 2.09. The maximum Gasteiger partial charge on any atom is 0.0610 e. The lowest BCUT2D eigenvalue weighted by Gasteiger charge is -2.26. The van der Waals surface area contributed by atoms with E-state index >= 15 is 0 Å². The summed E-state index contributed by atoms with van der Waals surface area (Å²) in [6.45, 7) is 6.17. The molecule has 0 aliphatic rings. The Morgan fingerprint density at radius 1 is 1.10 bits per heavy atom. The summed E-state index contributed by atoms with van der Waals surface area (Å²) in [6, 6.07) is 14.8. The van der Waals surface area contributed by atoms with Gasteiger partial charge in [0.2, 0.25) is 0 Å². The van der Waals surface area contributed by atoms with Gasteiger partial charge in [-0.15, -0.1) is 0 Å². The minimum Gasteiger partial charge on any atom is -0.285 e. The van der Waals surface area contributed by atoms with Gasteiger partial charge in [-0.1, -0.05) is 37.0 Å². The number of rotatable bonds is 5. The SMILES string of the molecule is CC[C@H](C)N(CC#Cc1ccccc1)Cc1ccncc1. The number of hydrogen-bond acceptors (Lipinski definition) is 2. The van der Waals surface area contributed by atoms with Gasteiger partial charge >= 0.3 is 0 Å². The summed E-state index contributed by atoms with van der Waals surface area (Å²) in [5, 5.41) is 0. The molecule has 0 aliphatic heterocycles. The van der Waals surface area contributed by atoms with Gasteiger partial charge in [0.25, 0.3) is 0 Å². The highest BCUT2D eigenvalue weighted by Gasteiger charge is 2.11. The van der Waals surface area contributed by atoms with E-state index in [9.17, 15) is 0 Å². The molecule has 1 atom stereocenters. The molecular weight excluding hydrogens is 256 g/mol. The van der Waals surface area contributed by atoms with Gasteiger partial charge in [-0.25, -0.2) is 0 Å². The molecule has 0 spiro atoms. The monoisotopic (exact) mass is 278 g/mol. The Bertz CT molecular complexity index is 581. The predicted octanol–water partition coefficient (Wildman–Crippen LogP) is 3.73. The Balaban J connectivity index is 2.02. The zero-order valence-corrected chi connectivity index (χ0v) is 12.8. The third-order valence-corrected chi connectivity index (χ3v) is 3.64. The first-order valence-corrected chi connectivity index (χ1v) is 7.46. The zero-order valence-electron chi connectivity index (χ0n) is 12.8. The van der Waals surface area contributed by atoms with Gasteiger partial charge in [-0.05, 0) is 43.2 Å². The number of pyridine rings is 1. The molecule has 108 valence electrons. The van der Waals surface area contributed by atoms with E-state index in [1.165, 1.54) is 5.56 Å². The van der Waals surface area contributed by atoms with Crippen LogP contribution in [0, 0.1) is 11.8 Å². The van der Waals surface area contributed by atoms with Crippen LogP contribution in [0.15, 0.2) is 54.9 Å². The average Bonchev–Trinajstić information content (AvgIpc) is 2.55. The van der Waals surface area contributed by atoms with Crippen LogP contribution in [0.2, 0.25) is 0 Å². The molecule has 0 amide bonds. The number of benzene rings is 1. The van der Waals surface area contributed by atoms with Crippen molar-refractivity contribution in [1.82, 2.24) is 9.88 Å². The van der Waals surface area contributed by atoms with Crippen LogP contribution in [-0.2, 0) is 6.54 Å². The molecule has 2 nitrogen and oxygen atoms in total. The molecule has 1 aromatic carbocycles. The van der Waals surface area contributed by atoms with Gasteiger partial charge < -0.3 is 0 Å². The topological polar surface area (TPSA) is 16.1 Å². The first kappa shape index (κ1) is 15.3. The van der Waals surface area contributed by atoms with Gasteiger partial charge in [0.1, 0.15) is 0 Å². The highest BCUT2D eigenvalue weighted by molar-refractivity contribution is 5.33. The fourth-order valence-corrected chi connectivity index (χ4v) is 2.11. The van der Waals surface area contributed by atoms with Gasteiger partial charge in [0.05, 0.1) is 6.54 Å². The van der Waals surface area contributed by atoms with Crippen LogP contribution in [0.5, 0.6) is 0 Å². The summed E-state index contributed by atoms with van der Waals surface area (Å²) in [4.78, 5) is 6.48. The Morgan fingerprint density at radius 3 is 2.48 bits per heavy atom. The molecule has 0 saturated carbocycles. The second kappa shape index (κ2) is 8.24. The summed E-state index contributed by atoms with van der Waals surface area (Å²) >= 11 is 0. The van der Waals surface area contributed by atoms with Crippen molar-refractivity contribution in [1.29, 1.82) is 0 Å². The van der Waals surface area contributed by atoms with Crippen molar-refractivity contribution in [3.8, 4) is 11.8 Å². The highest BCUT2D eigenvalue weighted by atomic mass is 15.1. The second-order valence-electron chi connectivity index (χ2n) is 5.19. The van der Waals surface area contributed by atoms with Crippen LogP contribution < -0.4 is 0 Å². The molecule has 1 heterocycles. The summed E-state index contributed by atoms with van der Waals surface area (Å²) < 4.78 is 0. The van der Waals surface area contributed by atoms with E-state index in [2.05, 4.69) is 47.7 Å². The number of nitrogens with zero attached hydrogens (tertiary/aromatic N) is 2. The molecule has 2 heteroatoms. The van der Waals surface area contributed by atoms with Crippen molar-refractivity contribution in [3.05, 3.63) is 66.0 Å². The van der Waals surface area contributed by atoms with Crippen molar-refractivity contribution in [2.45, 2.75) is 32.9 Å². The molecule has 2 rings (SSSR count). The molecule has 0 fully saturated rings. The smallest absolute Gasteiger partial charge is 0.0610 e. The Hall–Kier alpha value is -2.11. The molecule has 21 heavy (non-hydrogen) atoms. The molecule has 0 radical (unpaired) electrons. The number of aromatic nitrogens is 1. The normalized spacial score (nSPS) is 11.8. The maximum atomic E-state index is 4.07. The standard InChI is InChI=1S/C19H22N2/c1-3-17(2)21(16-19-11-13-20-14-12-19)15-7-10-18-8-5-4-6-9-18/h4-6,8-9,11-14,17H,3,15-16H2,1-2H3/t17-/m0/s1. The Kier molecular flexibility index (Phi) is 5.99. The summed E-state index contributed by atoms with van der Waals surface area (Å²) in [7, 11) is 0. The van der Waals surface area contributed by atoms with Gasteiger partial charge in [0, 0.05) is 30.5 Å². The quantitative estimate of drug-likeness (QED) is 0.775. The maximum absolute atomic E-state index is 4.07. The minimum atomic E-state index is 0.517. The largest absolute Gasteiger partial charge is 0.285 e. The molecular formula is C19H22N2. The van der Waals surface area contributed by atoms with E-state index < -0.39 is 0 Å². The molecule has 0 N–H and O–H groups in total. The van der Waals surface area contributed by atoms with E-state index in [1.54, 1.807) is 0 Å². The lowest BCUT2D eigenvalue weighted by molar-refractivity contribution is 0.221. The molecule has 0 bridgehead atoms. The first-order valence-electron chi connectivity index (χ1n) is 7.46. The van der Waals surface area contributed by atoms with Crippen LogP contribution in [0.4, 0.5) is 0 Å². The van der Waals surface area contributed by atoms with Crippen molar-refractivity contribution in [2.75, 3.05) is 6.54 Å². The third kappa shape index (κ3) is 5.06. The van der Waals surface area contributed by atoms with Crippen molar-refractivity contribution >= 4 is 0 Å². The lowest BCUT2D eigenvalue weighted by atomic mass is 10.1. The fraction of sp³-hybridized carbons (Fsp3) is 0.316. The van der Waals surface area contributed by atoms with Gasteiger partial charge in [-0.2, -0.15) is 0 Å². The van der Waals surface area contributed by atoms with Crippen LogP contribution in [0.3, 0.4) is 0 Å². The van der Waals surface area contributed by atoms with Crippen LogP contribution >= 0.6 is 0 Å². The van der Waals surface area contributed by atoms with Crippen molar-refractivity contribution in [2.24, 2.45) is 0 Å². The second-order valence-corrected chi connectivity index (χ2v) is 5.19. The van der Waals surface area contributed by atoms with Crippen LogP contribution in [-0.4, -0.2) is 22.5 Å². The van der Waals surface area contributed by atoms with Crippen LogP contribution in [0.1, 0.15) is 31.4 Å². The average molecular weight is 278 g/mol. The van der Waals surface area contributed by atoms with Crippen molar-refractivity contribution < 1.29 is 0 Å². The lowest BCUT2D eigenvalue weighted by Crippen LogP contribution is -2.32. The van der Waals surface area contributed by atoms with E-state index in [0.717, 1.165) is 25.1 Å². The summed E-state index contributed by atoms with van der Waals surface area (Å²) in [6.07, 6.45) is 4.82. The molecule has 0 unspecified atom stereocenters. The van der Waals surface area contributed by atoms with E-state index in [0.29, 0.717) is 6.04 Å². The molecule has 1 aromatic heterocycles. The third-order valence-electron chi connectivity index (χ3n) is 3.64. The van der Waals surface area contributed by atoms with E-state index in [-0.39, 0.29) is 0 Å². The summed E-state index contributed by atoms with van der Waals surface area (Å²) in [5.41, 5.74) is 2.36. The van der Waals surface area contributed by atoms with Crippen molar-refractivity contribution in [3.63, 3.8) is 0 Å². The molecule has 2 aromatic rings. The predicted molar refractivity (Wildman–Crippen MR) is 87.7 cm³/mol. The van der Waals surface area contributed by atoms with Crippen LogP contribution in [0.25, 0.3) is 0 Å². The molecule has 0 saturated heterocycles. The zero-order chi connectivity index (χ0) is 14.9.